The van der Waals surface area contributed by atoms with E-state index in [2.05, 4.69) is 68.3 Å². The Balaban J connectivity index is 2.73. The number of hydrogen-bond donors (Lipinski definition) is 0. The number of nitrogens with zero attached hydrogens (tertiary/aromatic N) is 1. The first-order chi connectivity index (χ1) is 7.19. The van der Waals surface area contributed by atoms with E-state index in [-0.39, 0.29) is 0 Å². The molecule has 0 saturated heterocycles. The first-order valence-corrected chi connectivity index (χ1v) is 8.04. The summed E-state index contributed by atoms with van der Waals surface area (Å²) < 4.78 is 1.17. The minimum Gasteiger partial charge on any atom is -0.374 e. The maximum Gasteiger partial charge on any atom is 0.0375 e. The first kappa shape index (κ1) is 13.4. The molecular formula is C11H15Br2NS. The second-order valence-corrected chi connectivity index (χ2v) is 5.72. The van der Waals surface area contributed by atoms with Crippen LogP contribution in [0.15, 0.2) is 22.7 Å². The zero-order valence-electron chi connectivity index (χ0n) is 8.96. The standard InChI is InChI=1S/C11H15Br2NS/c1-14(5-6-15-2)10-4-3-9(8-12)11(13)7-10/h3-4,7H,5-6,8H2,1-2H3. The molecule has 0 spiro atoms. The molecule has 1 nitrogen and oxygen atoms in total. The molecule has 0 aliphatic rings. The monoisotopic (exact) mass is 351 g/mol. The van der Waals surface area contributed by atoms with Crippen LogP contribution in [0.2, 0.25) is 0 Å². The summed E-state index contributed by atoms with van der Waals surface area (Å²) in [6.07, 6.45) is 2.14. The highest BCUT2D eigenvalue weighted by atomic mass is 79.9. The third kappa shape index (κ3) is 4.00. The second-order valence-electron chi connectivity index (χ2n) is 3.32. The molecule has 0 aliphatic heterocycles. The van der Waals surface area contributed by atoms with Gasteiger partial charge in [0, 0.05) is 34.8 Å². The molecule has 4 heteroatoms. The number of halogens is 2. The fraction of sp³-hybridized carbons (Fsp3) is 0.455. The molecule has 0 unspecified atom stereocenters. The van der Waals surface area contributed by atoms with Crippen LogP contribution in [0.5, 0.6) is 0 Å². The van der Waals surface area contributed by atoms with Gasteiger partial charge >= 0.3 is 0 Å². The van der Waals surface area contributed by atoms with Gasteiger partial charge in [0.2, 0.25) is 0 Å². The Bertz CT molecular complexity index is 317. The molecule has 84 valence electrons. The van der Waals surface area contributed by atoms with Gasteiger partial charge in [-0.05, 0) is 24.0 Å². The number of rotatable bonds is 5. The number of alkyl halides is 1. The molecule has 0 N–H and O–H groups in total. The van der Waals surface area contributed by atoms with Crippen LogP contribution in [0.4, 0.5) is 5.69 Å². The molecule has 0 aromatic heterocycles. The van der Waals surface area contributed by atoms with Crippen LogP contribution in [0.1, 0.15) is 5.56 Å². The van der Waals surface area contributed by atoms with Crippen LogP contribution in [0.25, 0.3) is 0 Å². The molecule has 0 aliphatic carbocycles. The largest absolute Gasteiger partial charge is 0.374 e. The Kier molecular flexibility index (Phi) is 6.09. The lowest BCUT2D eigenvalue weighted by molar-refractivity contribution is 0.976. The van der Waals surface area contributed by atoms with Crippen LogP contribution in [-0.2, 0) is 5.33 Å². The average molecular weight is 353 g/mol. The van der Waals surface area contributed by atoms with Crippen molar-refractivity contribution in [2.24, 2.45) is 0 Å². The van der Waals surface area contributed by atoms with Crippen molar-refractivity contribution in [2.75, 3.05) is 30.5 Å². The van der Waals surface area contributed by atoms with E-state index in [1.54, 1.807) is 0 Å². The fourth-order valence-corrected chi connectivity index (χ4v) is 3.07. The van der Waals surface area contributed by atoms with Gasteiger partial charge in [-0.2, -0.15) is 11.8 Å². The minimum absolute atomic E-state index is 0.891. The summed E-state index contributed by atoms with van der Waals surface area (Å²) in [6.45, 7) is 1.08. The van der Waals surface area contributed by atoms with Crippen molar-refractivity contribution in [3.63, 3.8) is 0 Å². The summed E-state index contributed by atoms with van der Waals surface area (Å²) in [4.78, 5) is 2.28. The van der Waals surface area contributed by atoms with E-state index in [0.717, 1.165) is 17.6 Å². The maximum atomic E-state index is 3.58. The van der Waals surface area contributed by atoms with Gasteiger partial charge in [0.1, 0.15) is 0 Å². The molecule has 0 amide bonds. The van der Waals surface area contributed by atoms with Crippen molar-refractivity contribution in [1.82, 2.24) is 0 Å². The number of thioether (sulfide) groups is 1. The maximum absolute atomic E-state index is 3.58. The third-order valence-electron chi connectivity index (χ3n) is 2.25. The molecule has 15 heavy (non-hydrogen) atoms. The number of hydrogen-bond acceptors (Lipinski definition) is 2. The van der Waals surface area contributed by atoms with Crippen molar-refractivity contribution in [3.8, 4) is 0 Å². The highest BCUT2D eigenvalue weighted by Crippen LogP contribution is 2.25. The number of anilines is 1. The predicted octanol–water partition coefficient (Wildman–Crippen LogP) is 4.14. The lowest BCUT2D eigenvalue weighted by atomic mass is 10.2. The van der Waals surface area contributed by atoms with Crippen LogP contribution in [-0.4, -0.2) is 25.6 Å². The van der Waals surface area contributed by atoms with Gasteiger partial charge < -0.3 is 4.90 Å². The number of benzene rings is 1. The molecule has 0 atom stereocenters. The van der Waals surface area contributed by atoms with E-state index in [4.69, 9.17) is 0 Å². The molecule has 1 rings (SSSR count). The van der Waals surface area contributed by atoms with Crippen molar-refractivity contribution in [1.29, 1.82) is 0 Å². The molecule has 0 saturated carbocycles. The predicted molar refractivity (Wildman–Crippen MR) is 78.4 cm³/mol. The minimum atomic E-state index is 0.891. The quantitative estimate of drug-likeness (QED) is 0.732. The molecular weight excluding hydrogens is 338 g/mol. The molecule has 0 fully saturated rings. The molecule has 1 aromatic carbocycles. The summed E-state index contributed by atoms with van der Waals surface area (Å²) in [5.41, 5.74) is 2.55. The van der Waals surface area contributed by atoms with Gasteiger partial charge in [-0.3, -0.25) is 0 Å². The van der Waals surface area contributed by atoms with Gasteiger partial charge in [0.25, 0.3) is 0 Å². The average Bonchev–Trinajstić information content (AvgIpc) is 2.25. The fourth-order valence-electron chi connectivity index (χ4n) is 1.24. The molecule has 1 aromatic rings. The van der Waals surface area contributed by atoms with Gasteiger partial charge in [-0.25, -0.2) is 0 Å². The van der Waals surface area contributed by atoms with E-state index in [1.807, 2.05) is 11.8 Å². The molecule has 0 heterocycles. The van der Waals surface area contributed by atoms with E-state index >= 15 is 0 Å². The Morgan fingerprint density at radius 2 is 2.13 bits per heavy atom. The van der Waals surface area contributed by atoms with Crippen molar-refractivity contribution < 1.29 is 0 Å². The Hall–Kier alpha value is 0.330. The first-order valence-electron chi connectivity index (χ1n) is 4.73. The van der Waals surface area contributed by atoms with Crippen LogP contribution in [0, 0.1) is 0 Å². The van der Waals surface area contributed by atoms with Crippen molar-refractivity contribution >= 4 is 49.3 Å². The smallest absolute Gasteiger partial charge is 0.0375 e. The summed E-state index contributed by atoms with van der Waals surface area (Å²) in [5.74, 6) is 1.16. The Morgan fingerprint density at radius 3 is 2.67 bits per heavy atom. The van der Waals surface area contributed by atoms with Crippen LogP contribution in [0.3, 0.4) is 0 Å². The SMILES string of the molecule is CSCCN(C)c1ccc(CBr)c(Br)c1. The van der Waals surface area contributed by atoms with Crippen LogP contribution < -0.4 is 4.90 Å². The Labute approximate surface area is 113 Å². The summed E-state index contributed by atoms with van der Waals surface area (Å²) in [5, 5.41) is 0.891. The lowest BCUT2D eigenvalue weighted by Crippen LogP contribution is -2.20. The summed E-state index contributed by atoms with van der Waals surface area (Å²) in [6, 6.07) is 6.50. The van der Waals surface area contributed by atoms with Crippen molar-refractivity contribution in [3.05, 3.63) is 28.2 Å². The normalized spacial score (nSPS) is 10.4. The van der Waals surface area contributed by atoms with E-state index < -0.39 is 0 Å². The van der Waals surface area contributed by atoms with E-state index in [9.17, 15) is 0 Å². The summed E-state index contributed by atoms with van der Waals surface area (Å²) >= 11 is 8.92. The Morgan fingerprint density at radius 1 is 1.40 bits per heavy atom. The lowest BCUT2D eigenvalue weighted by Gasteiger charge is -2.19. The van der Waals surface area contributed by atoms with E-state index in [1.165, 1.54) is 15.7 Å². The van der Waals surface area contributed by atoms with Gasteiger partial charge in [0.15, 0.2) is 0 Å². The van der Waals surface area contributed by atoms with Crippen LogP contribution >= 0.6 is 43.6 Å². The highest BCUT2D eigenvalue weighted by molar-refractivity contribution is 9.10. The zero-order chi connectivity index (χ0) is 11.3. The third-order valence-corrected chi connectivity index (χ3v) is 4.19. The van der Waals surface area contributed by atoms with Crippen molar-refractivity contribution in [2.45, 2.75) is 5.33 Å². The molecule has 0 bridgehead atoms. The summed E-state index contributed by atoms with van der Waals surface area (Å²) in [7, 11) is 2.13. The second kappa shape index (κ2) is 6.81. The van der Waals surface area contributed by atoms with Gasteiger partial charge in [0.05, 0.1) is 0 Å². The molecule has 0 radical (unpaired) electrons. The highest BCUT2D eigenvalue weighted by Gasteiger charge is 2.03. The zero-order valence-corrected chi connectivity index (χ0v) is 13.0. The van der Waals surface area contributed by atoms with Gasteiger partial charge in [-0.1, -0.05) is 37.9 Å². The topological polar surface area (TPSA) is 3.24 Å². The van der Waals surface area contributed by atoms with Gasteiger partial charge in [-0.15, -0.1) is 0 Å². The van der Waals surface area contributed by atoms with E-state index in [0.29, 0.717) is 0 Å².